The summed E-state index contributed by atoms with van der Waals surface area (Å²) in [5.41, 5.74) is 7.24. The summed E-state index contributed by atoms with van der Waals surface area (Å²) in [6.45, 7) is 2.66. The molecule has 0 amide bonds. The summed E-state index contributed by atoms with van der Waals surface area (Å²) >= 11 is 6.06. The van der Waals surface area contributed by atoms with Crippen molar-refractivity contribution in [3.63, 3.8) is 0 Å². The van der Waals surface area contributed by atoms with Crippen LogP contribution >= 0.6 is 11.6 Å². The van der Waals surface area contributed by atoms with Crippen molar-refractivity contribution >= 4 is 17.3 Å². The Morgan fingerprint density at radius 2 is 2.25 bits per heavy atom. The quantitative estimate of drug-likeness (QED) is 0.829. The first-order valence-electron chi connectivity index (χ1n) is 6.50. The Labute approximate surface area is 122 Å². The number of ether oxygens (including phenoxy) is 1. The second kappa shape index (κ2) is 6.67. The van der Waals surface area contributed by atoms with E-state index in [1.807, 2.05) is 12.1 Å². The average Bonchev–Trinajstić information content (AvgIpc) is 2.90. The fraction of sp³-hybridized carbons (Fsp3) is 0.462. The number of nitrogens with zero attached hydrogens (tertiary/aromatic N) is 4. The van der Waals surface area contributed by atoms with Gasteiger partial charge in [0.15, 0.2) is 5.82 Å². The molecule has 2 aromatic rings. The highest BCUT2D eigenvalue weighted by molar-refractivity contribution is 6.33. The van der Waals surface area contributed by atoms with Crippen LogP contribution in [-0.2, 0) is 4.74 Å². The van der Waals surface area contributed by atoms with Crippen LogP contribution in [0.5, 0.6) is 0 Å². The first kappa shape index (κ1) is 14.7. The minimum Gasteiger partial charge on any atom is -0.397 e. The van der Waals surface area contributed by atoms with Gasteiger partial charge in [-0.3, -0.25) is 0 Å². The lowest BCUT2D eigenvalue weighted by atomic mass is 10.1. The zero-order valence-electron chi connectivity index (χ0n) is 11.6. The van der Waals surface area contributed by atoms with Crippen molar-refractivity contribution in [3.05, 3.63) is 23.2 Å². The zero-order chi connectivity index (χ0) is 14.5. The van der Waals surface area contributed by atoms with E-state index in [0.29, 0.717) is 23.1 Å². The number of nitrogens with two attached hydrogens (primary N) is 1. The molecule has 108 valence electrons. The van der Waals surface area contributed by atoms with Crippen molar-refractivity contribution in [2.75, 3.05) is 19.5 Å². The van der Waals surface area contributed by atoms with Crippen molar-refractivity contribution in [2.45, 2.75) is 25.8 Å². The fourth-order valence-corrected chi connectivity index (χ4v) is 2.33. The van der Waals surface area contributed by atoms with Crippen LogP contribution < -0.4 is 5.73 Å². The predicted molar refractivity (Wildman–Crippen MR) is 78.5 cm³/mol. The van der Waals surface area contributed by atoms with E-state index in [9.17, 15) is 0 Å². The van der Waals surface area contributed by atoms with Gasteiger partial charge in [0.2, 0.25) is 0 Å². The van der Waals surface area contributed by atoms with E-state index in [2.05, 4.69) is 22.4 Å². The summed E-state index contributed by atoms with van der Waals surface area (Å²) in [6, 6.07) is 5.51. The maximum Gasteiger partial charge on any atom is 0.184 e. The zero-order valence-corrected chi connectivity index (χ0v) is 12.3. The molecule has 0 aliphatic carbocycles. The van der Waals surface area contributed by atoms with Gasteiger partial charge in [0.1, 0.15) is 0 Å². The van der Waals surface area contributed by atoms with Gasteiger partial charge in [0.05, 0.1) is 23.4 Å². The first-order chi connectivity index (χ1) is 9.69. The lowest BCUT2D eigenvalue weighted by molar-refractivity contribution is 0.144. The number of para-hydroxylation sites is 1. The van der Waals surface area contributed by atoms with Gasteiger partial charge in [-0.25, -0.2) is 4.68 Å². The molecule has 7 heteroatoms. The van der Waals surface area contributed by atoms with Crippen molar-refractivity contribution in [3.8, 4) is 11.4 Å². The van der Waals surface area contributed by atoms with Crippen LogP contribution in [-0.4, -0.2) is 33.9 Å². The van der Waals surface area contributed by atoms with Crippen LogP contribution in [0.1, 0.15) is 25.8 Å². The van der Waals surface area contributed by atoms with Crippen molar-refractivity contribution in [2.24, 2.45) is 0 Å². The van der Waals surface area contributed by atoms with E-state index in [0.717, 1.165) is 18.4 Å². The van der Waals surface area contributed by atoms with Crippen LogP contribution in [0.3, 0.4) is 0 Å². The number of nitrogen functional groups attached to an aromatic ring is 1. The van der Waals surface area contributed by atoms with E-state index in [-0.39, 0.29) is 6.04 Å². The second-order valence-corrected chi connectivity index (χ2v) is 4.95. The molecular weight excluding hydrogens is 278 g/mol. The van der Waals surface area contributed by atoms with Crippen molar-refractivity contribution in [1.29, 1.82) is 0 Å². The molecule has 1 aromatic heterocycles. The Balaban J connectivity index is 2.43. The third-order valence-electron chi connectivity index (χ3n) is 3.11. The molecule has 1 aromatic carbocycles. The van der Waals surface area contributed by atoms with E-state index in [1.165, 1.54) is 0 Å². The van der Waals surface area contributed by atoms with Crippen LogP contribution in [0.2, 0.25) is 5.02 Å². The molecule has 2 rings (SSSR count). The highest BCUT2D eigenvalue weighted by atomic mass is 35.5. The van der Waals surface area contributed by atoms with Gasteiger partial charge >= 0.3 is 0 Å². The number of anilines is 1. The molecule has 0 saturated heterocycles. The molecule has 0 spiro atoms. The van der Waals surface area contributed by atoms with Gasteiger partial charge in [-0.2, -0.15) is 0 Å². The monoisotopic (exact) mass is 295 g/mol. The van der Waals surface area contributed by atoms with Crippen LogP contribution in [0, 0.1) is 0 Å². The first-order valence-corrected chi connectivity index (χ1v) is 6.88. The molecule has 0 saturated carbocycles. The lowest BCUT2D eigenvalue weighted by Gasteiger charge is -2.17. The number of halogens is 1. The number of hydrogen-bond acceptors (Lipinski definition) is 5. The smallest absolute Gasteiger partial charge is 0.184 e. The largest absolute Gasteiger partial charge is 0.397 e. The van der Waals surface area contributed by atoms with Gasteiger partial charge < -0.3 is 10.5 Å². The number of hydrogen-bond donors (Lipinski definition) is 1. The SMILES string of the molecule is CCCC(COC)n1nnnc1-c1cccc(Cl)c1N. The maximum atomic E-state index is 6.06. The summed E-state index contributed by atoms with van der Waals surface area (Å²) < 4.78 is 7.01. The molecule has 1 unspecified atom stereocenters. The Hall–Kier alpha value is -1.66. The fourth-order valence-electron chi connectivity index (χ4n) is 2.15. The average molecular weight is 296 g/mol. The Bertz CT molecular complexity index is 566. The van der Waals surface area contributed by atoms with E-state index in [1.54, 1.807) is 17.9 Å². The molecule has 6 nitrogen and oxygen atoms in total. The minimum atomic E-state index is 0.0772. The second-order valence-electron chi connectivity index (χ2n) is 4.55. The minimum absolute atomic E-state index is 0.0772. The molecule has 1 heterocycles. The third-order valence-corrected chi connectivity index (χ3v) is 3.44. The van der Waals surface area contributed by atoms with Crippen LogP contribution in [0.4, 0.5) is 5.69 Å². The number of rotatable bonds is 6. The van der Waals surface area contributed by atoms with Gasteiger partial charge in [-0.1, -0.05) is 31.0 Å². The van der Waals surface area contributed by atoms with Crippen molar-refractivity contribution in [1.82, 2.24) is 20.2 Å². The normalized spacial score (nSPS) is 12.6. The molecule has 0 fully saturated rings. The molecule has 0 aliphatic rings. The maximum absolute atomic E-state index is 6.06. The third kappa shape index (κ3) is 2.91. The molecule has 0 bridgehead atoms. The van der Waals surface area contributed by atoms with E-state index in [4.69, 9.17) is 22.1 Å². The van der Waals surface area contributed by atoms with Gasteiger partial charge in [0, 0.05) is 12.7 Å². The molecule has 2 N–H and O–H groups in total. The summed E-state index contributed by atoms with van der Waals surface area (Å²) in [6.07, 6.45) is 1.94. The van der Waals surface area contributed by atoms with Crippen LogP contribution in [0.25, 0.3) is 11.4 Å². The highest BCUT2D eigenvalue weighted by Gasteiger charge is 2.19. The van der Waals surface area contributed by atoms with E-state index < -0.39 is 0 Å². The summed E-state index contributed by atoms with van der Waals surface area (Å²) in [7, 11) is 1.67. The molecule has 20 heavy (non-hydrogen) atoms. The Morgan fingerprint density at radius 1 is 1.45 bits per heavy atom. The highest BCUT2D eigenvalue weighted by Crippen LogP contribution is 2.31. The summed E-state index contributed by atoms with van der Waals surface area (Å²) in [5, 5.41) is 12.4. The summed E-state index contributed by atoms with van der Waals surface area (Å²) in [5.74, 6) is 0.612. The molecule has 1 atom stereocenters. The molecule has 0 aliphatic heterocycles. The number of tetrazole rings is 1. The Kier molecular flexibility index (Phi) is 4.92. The van der Waals surface area contributed by atoms with Gasteiger partial charge in [-0.05, 0) is 29.0 Å². The molecule has 0 radical (unpaired) electrons. The predicted octanol–water partition coefficient (Wildman–Crippen LogP) is 2.56. The standard InChI is InChI=1S/C13H18ClN5O/c1-3-5-9(8-20-2)19-13(16-17-18-19)10-6-4-7-11(14)12(10)15/h4,6-7,9H,3,5,8,15H2,1-2H3. The lowest BCUT2D eigenvalue weighted by Crippen LogP contribution is -2.17. The summed E-state index contributed by atoms with van der Waals surface area (Å²) in [4.78, 5) is 0. The number of methoxy groups -OCH3 is 1. The van der Waals surface area contributed by atoms with E-state index >= 15 is 0 Å². The number of aromatic nitrogens is 4. The van der Waals surface area contributed by atoms with Gasteiger partial charge in [0.25, 0.3) is 0 Å². The van der Waals surface area contributed by atoms with Crippen LogP contribution in [0.15, 0.2) is 18.2 Å². The molecular formula is C13H18ClN5O. The Morgan fingerprint density at radius 3 is 2.95 bits per heavy atom. The van der Waals surface area contributed by atoms with Gasteiger partial charge in [-0.15, -0.1) is 5.10 Å². The topological polar surface area (TPSA) is 78.8 Å². The van der Waals surface area contributed by atoms with Crippen molar-refractivity contribution < 1.29 is 4.74 Å². The number of benzene rings is 1.